The molecular weight excluding hydrogens is 253 g/mol. The van der Waals surface area contributed by atoms with Gasteiger partial charge in [-0.15, -0.1) is 0 Å². The van der Waals surface area contributed by atoms with Crippen molar-refractivity contribution in [1.29, 1.82) is 0 Å². The number of aliphatic hydroxyl groups excluding tert-OH is 3. The Balaban J connectivity index is -0.000000172. The van der Waals surface area contributed by atoms with Gasteiger partial charge >= 0.3 is 19.5 Å². The summed E-state index contributed by atoms with van der Waals surface area (Å²) in [6.07, 6.45) is -0.954. The van der Waals surface area contributed by atoms with Crippen LogP contribution in [0.3, 0.4) is 0 Å². The fourth-order valence-electron chi connectivity index (χ4n) is 0.486. The summed E-state index contributed by atoms with van der Waals surface area (Å²) in [5, 5.41) is 32.6. The molecule has 0 atom stereocenters. The Bertz CT molecular complexity index is 203. The minimum Gasteiger partial charge on any atom is -2.00 e. The van der Waals surface area contributed by atoms with Crippen molar-refractivity contribution in [3.8, 4) is 5.75 Å². The summed E-state index contributed by atoms with van der Waals surface area (Å²) >= 11 is 0. The monoisotopic (exact) mass is 266 g/mol. The van der Waals surface area contributed by atoms with E-state index in [1.54, 1.807) is 24.3 Å². The van der Waals surface area contributed by atoms with Crippen LogP contribution >= 0.6 is 0 Å². The molecule has 5 nitrogen and oxygen atoms in total. The van der Waals surface area contributed by atoms with Crippen molar-refractivity contribution in [2.75, 3.05) is 13.2 Å². The molecule has 0 aliphatic heterocycles. The number of rotatable bonds is 2. The summed E-state index contributed by atoms with van der Waals surface area (Å²) in [4.78, 5) is 0. The molecule has 6 heteroatoms. The number of hydrogen-bond acceptors (Lipinski definition) is 4. The van der Waals surface area contributed by atoms with E-state index in [0.717, 1.165) is 0 Å². The first-order chi connectivity index (χ1) is 6.20. The average molecular weight is 268 g/mol. The Kier molecular flexibility index (Phi) is 17.9. The van der Waals surface area contributed by atoms with E-state index in [-0.39, 0.29) is 38.2 Å². The Labute approximate surface area is 101 Å². The second-order valence-corrected chi connectivity index (χ2v) is 2.35. The molecule has 0 heterocycles. The molecule has 0 spiro atoms. The number of phenolic OH excluding ortho intramolecular Hbond substituents is 1. The number of benzene rings is 1. The number of hydrogen-bond donors (Lipinski definition) is 4. The third-order valence-corrected chi connectivity index (χ3v) is 1.18. The predicted molar refractivity (Wildman–Crippen MR) is 49.0 cm³/mol. The molecule has 0 radical (unpaired) electrons. The van der Waals surface area contributed by atoms with Crippen LogP contribution in [0, 0.1) is 0 Å². The Morgan fingerprint density at radius 2 is 1.40 bits per heavy atom. The molecule has 4 N–H and O–H groups in total. The van der Waals surface area contributed by atoms with E-state index in [9.17, 15) is 0 Å². The Morgan fingerprint density at radius 1 is 1.00 bits per heavy atom. The smallest absolute Gasteiger partial charge is 2.00 e. The molecule has 1 aromatic rings. The van der Waals surface area contributed by atoms with E-state index in [2.05, 4.69) is 0 Å². The molecule has 0 bridgehead atoms. The zero-order valence-electron chi connectivity index (χ0n) is 8.28. The van der Waals surface area contributed by atoms with Crippen molar-refractivity contribution < 1.29 is 45.4 Å². The average Bonchev–Trinajstić information content (AvgIpc) is 2.19. The van der Waals surface area contributed by atoms with Crippen LogP contribution in [0.5, 0.6) is 5.75 Å². The van der Waals surface area contributed by atoms with Gasteiger partial charge in [-0.3, -0.25) is 0 Å². The van der Waals surface area contributed by atoms with E-state index < -0.39 is 6.10 Å². The maximum atomic E-state index is 8.63. The first-order valence-corrected chi connectivity index (χ1v) is 3.84. The van der Waals surface area contributed by atoms with Gasteiger partial charge in [0.25, 0.3) is 0 Å². The van der Waals surface area contributed by atoms with Crippen LogP contribution in [-0.4, -0.2) is 39.7 Å². The third-order valence-electron chi connectivity index (χ3n) is 1.18. The fourth-order valence-corrected chi connectivity index (χ4v) is 0.486. The minimum absolute atomic E-state index is 0. The second kappa shape index (κ2) is 13.5. The molecule has 0 aliphatic rings. The van der Waals surface area contributed by atoms with Crippen molar-refractivity contribution in [2.45, 2.75) is 6.10 Å². The molecule has 1 aromatic carbocycles. The third kappa shape index (κ3) is 13.5. The number of para-hydroxylation sites is 1. The van der Waals surface area contributed by atoms with Gasteiger partial charge in [0.05, 0.1) is 13.2 Å². The van der Waals surface area contributed by atoms with Crippen LogP contribution in [0.2, 0.25) is 0 Å². The molecule has 1 rings (SSSR count). The first-order valence-electron chi connectivity index (χ1n) is 3.84. The molecular formula is C9H14O5Zn. The van der Waals surface area contributed by atoms with Gasteiger partial charge in [-0.2, -0.15) is 0 Å². The number of phenols is 1. The van der Waals surface area contributed by atoms with Crippen molar-refractivity contribution in [1.82, 2.24) is 0 Å². The van der Waals surface area contributed by atoms with E-state index in [4.69, 9.17) is 20.4 Å². The topological polar surface area (TPSA) is 109 Å². The number of aromatic hydroxyl groups is 1. The van der Waals surface area contributed by atoms with Crippen LogP contribution in [0.1, 0.15) is 0 Å². The first kappa shape index (κ1) is 20.0. The molecule has 0 amide bonds. The summed E-state index contributed by atoms with van der Waals surface area (Å²) in [6.45, 7) is -0.729. The van der Waals surface area contributed by atoms with Gasteiger partial charge < -0.3 is 25.9 Å². The van der Waals surface area contributed by atoms with Crippen molar-refractivity contribution in [3.63, 3.8) is 0 Å². The van der Waals surface area contributed by atoms with Crippen LogP contribution in [0.15, 0.2) is 30.3 Å². The largest absolute Gasteiger partial charge is 2.00 e. The molecule has 82 valence electrons. The van der Waals surface area contributed by atoms with Gasteiger partial charge in [0.15, 0.2) is 0 Å². The summed E-state index contributed by atoms with van der Waals surface area (Å²) in [5.74, 6) is 0.322. The molecule has 0 unspecified atom stereocenters. The van der Waals surface area contributed by atoms with Crippen molar-refractivity contribution >= 4 is 0 Å². The van der Waals surface area contributed by atoms with Gasteiger partial charge in [-0.25, -0.2) is 0 Å². The van der Waals surface area contributed by atoms with Gasteiger partial charge in [0.2, 0.25) is 0 Å². The summed E-state index contributed by atoms with van der Waals surface area (Å²) in [7, 11) is 0. The minimum atomic E-state index is -0.954. The molecule has 0 aliphatic carbocycles. The summed E-state index contributed by atoms with van der Waals surface area (Å²) < 4.78 is 0. The fraction of sp³-hybridized carbons (Fsp3) is 0.333. The maximum Gasteiger partial charge on any atom is 2.00 e. The zero-order valence-corrected chi connectivity index (χ0v) is 11.2. The van der Waals surface area contributed by atoms with Gasteiger partial charge in [0, 0.05) is 0 Å². The van der Waals surface area contributed by atoms with Gasteiger partial charge in [0.1, 0.15) is 11.9 Å². The molecule has 15 heavy (non-hydrogen) atoms. The molecule has 0 aromatic heterocycles. The van der Waals surface area contributed by atoms with Crippen LogP contribution in [0.4, 0.5) is 0 Å². The maximum absolute atomic E-state index is 8.63. The Morgan fingerprint density at radius 3 is 1.53 bits per heavy atom. The summed E-state index contributed by atoms with van der Waals surface area (Å²) in [6, 6.07) is 8.71. The van der Waals surface area contributed by atoms with E-state index in [1.807, 2.05) is 6.07 Å². The van der Waals surface area contributed by atoms with Gasteiger partial charge in [-0.1, -0.05) is 18.2 Å². The second-order valence-electron chi connectivity index (χ2n) is 2.35. The SMILES string of the molecule is OCC(O)CO.Oc1ccccc1.[O-2].[Zn+2]. The van der Waals surface area contributed by atoms with Crippen LogP contribution < -0.4 is 0 Å². The predicted octanol–water partition coefficient (Wildman–Crippen LogP) is -0.397. The normalized spacial score (nSPS) is 8.00. The van der Waals surface area contributed by atoms with Crippen LogP contribution in [0.25, 0.3) is 0 Å². The standard InChI is InChI=1S/C6H6O.C3H8O3.O.Zn/c7-6-4-2-1-3-5-6;4-1-3(6)2-5;;/h1-5,7H;3-6H,1-2H2;;/q;;-2;+2. The van der Waals surface area contributed by atoms with E-state index in [0.29, 0.717) is 5.75 Å². The number of aliphatic hydroxyl groups is 3. The van der Waals surface area contributed by atoms with E-state index >= 15 is 0 Å². The Hall–Kier alpha value is -0.517. The van der Waals surface area contributed by atoms with Crippen LogP contribution in [-0.2, 0) is 25.0 Å². The quantitative estimate of drug-likeness (QED) is 0.547. The molecule has 0 fully saturated rings. The zero-order chi connectivity index (χ0) is 10.1. The summed E-state index contributed by atoms with van der Waals surface area (Å²) in [5.41, 5.74) is 0. The molecule has 0 saturated carbocycles. The van der Waals surface area contributed by atoms with Crippen molar-refractivity contribution in [2.24, 2.45) is 0 Å². The van der Waals surface area contributed by atoms with Crippen molar-refractivity contribution in [3.05, 3.63) is 30.3 Å². The van der Waals surface area contributed by atoms with E-state index in [1.165, 1.54) is 0 Å². The molecule has 0 saturated heterocycles. The van der Waals surface area contributed by atoms with Gasteiger partial charge in [-0.05, 0) is 12.1 Å².